The highest BCUT2D eigenvalue weighted by molar-refractivity contribution is 5.43. The van der Waals surface area contributed by atoms with Crippen LogP contribution in [0.3, 0.4) is 0 Å². The first-order valence-corrected chi connectivity index (χ1v) is 6.88. The van der Waals surface area contributed by atoms with E-state index in [4.69, 9.17) is 9.47 Å². The highest BCUT2D eigenvalue weighted by Crippen LogP contribution is 2.32. The highest BCUT2D eigenvalue weighted by Gasteiger charge is 2.35. The first-order valence-electron chi connectivity index (χ1n) is 6.88. The summed E-state index contributed by atoms with van der Waals surface area (Å²) in [7, 11) is 1.64. The van der Waals surface area contributed by atoms with E-state index in [9.17, 15) is 5.11 Å². The largest absolute Gasteiger partial charge is 0.493 e. The smallest absolute Gasteiger partial charge is 0.161 e. The van der Waals surface area contributed by atoms with Crippen molar-refractivity contribution < 1.29 is 14.6 Å². The summed E-state index contributed by atoms with van der Waals surface area (Å²) in [5, 5.41) is 12.9. The number of hydrogen-bond acceptors (Lipinski definition) is 4. The summed E-state index contributed by atoms with van der Waals surface area (Å²) in [5.41, 5.74) is 1.08. The molecule has 4 nitrogen and oxygen atoms in total. The standard InChI is InChI=1S/C15H23NO3/c1-3-19-14-9-12(5-6-13(14)18-2)10-16-15(11-17)7-4-8-15/h5-6,9,16-17H,3-4,7-8,10-11H2,1-2H3. The highest BCUT2D eigenvalue weighted by atomic mass is 16.5. The van der Waals surface area contributed by atoms with Crippen LogP contribution in [-0.2, 0) is 6.54 Å². The van der Waals surface area contributed by atoms with E-state index in [1.807, 2.05) is 25.1 Å². The maximum Gasteiger partial charge on any atom is 0.161 e. The Morgan fingerprint density at radius 2 is 2.11 bits per heavy atom. The number of hydrogen-bond donors (Lipinski definition) is 2. The molecule has 0 saturated heterocycles. The van der Waals surface area contributed by atoms with E-state index >= 15 is 0 Å². The van der Waals surface area contributed by atoms with Gasteiger partial charge in [0, 0.05) is 12.1 Å². The Kier molecular flexibility index (Phi) is 4.66. The molecule has 1 fully saturated rings. The van der Waals surface area contributed by atoms with Gasteiger partial charge in [-0.25, -0.2) is 0 Å². The molecule has 0 unspecified atom stereocenters. The summed E-state index contributed by atoms with van der Waals surface area (Å²) < 4.78 is 10.8. The second kappa shape index (κ2) is 6.26. The minimum atomic E-state index is -0.0638. The Morgan fingerprint density at radius 1 is 1.32 bits per heavy atom. The summed E-state index contributed by atoms with van der Waals surface area (Å²) in [6, 6.07) is 5.95. The first-order chi connectivity index (χ1) is 9.23. The van der Waals surface area contributed by atoms with Crippen molar-refractivity contribution in [1.29, 1.82) is 0 Å². The average Bonchev–Trinajstić information content (AvgIpc) is 2.39. The molecular weight excluding hydrogens is 242 g/mol. The molecule has 0 spiro atoms. The Hall–Kier alpha value is -1.26. The third-order valence-corrected chi connectivity index (χ3v) is 3.81. The first kappa shape index (κ1) is 14.2. The summed E-state index contributed by atoms with van der Waals surface area (Å²) in [6.07, 6.45) is 3.30. The molecule has 0 atom stereocenters. The number of aliphatic hydroxyl groups excluding tert-OH is 1. The minimum absolute atomic E-state index is 0.0638. The summed E-state index contributed by atoms with van der Waals surface area (Å²) in [4.78, 5) is 0. The molecule has 0 bridgehead atoms. The van der Waals surface area contributed by atoms with Crippen LogP contribution in [0.2, 0.25) is 0 Å². The van der Waals surface area contributed by atoms with Crippen LogP contribution < -0.4 is 14.8 Å². The Bertz CT molecular complexity index is 410. The van der Waals surface area contributed by atoms with Crippen LogP contribution in [0.5, 0.6) is 11.5 Å². The van der Waals surface area contributed by atoms with Gasteiger partial charge in [-0.2, -0.15) is 0 Å². The van der Waals surface area contributed by atoms with Crippen LogP contribution in [0.15, 0.2) is 18.2 Å². The normalized spacial score (nSPS) is 16.8. The maximum atomic E-state index is 9.43. The fourth-order valence-electron chi connectivity index (χ4n) is 2.38. The summed E-state index contributed by atoms with van der Waals surface area (Å²) >= 11 is 0. The molecule has 1 aromatic rings. The molecule has 0 radical (unpaired) electrons. The molecule has 19 heavy (non-hydrogen) atoms. The fourth-order valence-corrected chi connectivity index (χ4v) is 2.38. The van der Waals surface area contributed by atoms with E-state index in [2.05, 4.69) is 5.32 Å². The van der Waals surface area contributed by atoms with E-state index in [1.165, 1.54) is 6.42 Å². The van der Waals surface area contributed by atoms with Crippen LogP contribution in [0.1, 0.15) is 31.7 Å². The van der Waals surface area contributed by atoms with Crippen molar-refractivity contribution in [2.24, 2.45) is 0 Å². The number of nitrogens with one attached hydrogen (secondary N) is 1. The SMILES string of the molecule is CCOc1cc(CNC2(CO)CCC2)ccc1OC. The lowest BCUT2D eigenvalue weighted by Gasteiger charge is -2.41. The van der Waals surface area contributed by atoms with Crippen molar-refractivity contribution in [3.8, 4) is 11.5 Å². The van der Waals surface area contributed by atoms with E-state index in [-0.39, 0.29) is 12.1 Å². The lowest BCUT2D eigenvalue weighted by Crippen LogP contribution is -2.53. The molecule has 0 heterocycles. The van der Waals surface area contributed by atoms with Crippen LogP contribution >= 0.6 is 0 Å². The van der Waals surface area contributed by atoms with Crippen molar-refractivity contribution in [2.75, 3.05) is 20.3 Å². The van der Waals surface area contributed by atoms with Crippen LogP contribution in [0.25, 0.3) is 0 Å². The predicted octanol–water partition coefficient (Wildman–Crippen LogP) is 2.10. The predicted molar refractivity (Wildman–Crippen MR) is 74.7 cm³/mol. The van der Waals surface area contributed by atoms with Gasteiger partial charge < -0.3 is 19.9 Å². The van der Waals surface area contributed by atoms with Gasteiger partial charge in [0.05, 0.1) is 20.3 Å². The molecule has 2 rings (SSSR count). The molecule has 106 valence electrons. The number of ether oxygens (including phenoxy) is 2. The van der Waals surface area contributed by atoms with Crippen LogP contribution in [0.4, 0.5) is 0 Å². The van der Waals surface area contributed by atoms with Crippen molar-refractivity contribution in [1.82, 2.24) is 5.32 Å². The minimum Gasteiger partial charge on any atom is -0.493 e. The third-order valence-electron chi connectivity index (χ3n) is 3.81. The number of benzene rings is 1. The van der Waals surface area contributed by atoms with Gasteiger partial charge >= 0.3 is 0 Å². The Morgan fingerprint density at radius 3 is 2.63 bits per heavy atom. The van der Waals surface area contributed by atoms with Gasteiger partial charge in [0.1, 0.15) is 0 Å². The molecule has 1 aromatic carbocycles. The van der Waals surface area contributed by atoms with Gasteiger partial charge in [-0.1, -0.05) is 6.07 Å². The summed E-state index contributed by atoms with van der Waals surface area (Å²) in [5.74, 6) is 1.53. The zero-order chi connectivity index (χ0) is 13.7. The van der Waals surface area contributed by atoms with Gasteiger partial charge in [0.25, 0.3) is 0 Å². The Balaban J connectivity index is 2.02. The zero-order valence-electron chi connectivity index (χ0n) is 11.7. The lowest BCUT2D eigenvalue weighted by molar-refractivity contribution is 0.0872. The number of aliphatic hydroxyl groups is 1. The van der Waals surface area contributed by atoms with Crippen LogP contribution in [-0.4, -0.2) is 31.0 Å². The monoisotopic (exact) mass is 265 g/mol. The van der Waals surface area contributed by atoms with Gasteiger partial charge in [0.2, 0.25) is 0 Å². The van der Waals surface area contributed by atoms with Crippen molar-refractivity contribution in [2.45, 2.75) is 38.3 Å². The van der Waals surface area contributed by atoms with Crippen molar-refractivity contribution >= 4 is 0 Å². The van der Waals surface area contributed by atoms with E-state index in [0.717, 1.165) is 36.4 Å². The molecule has 1 aliphatic rings. The second-order valence-electron chi connectivity index (χ2n) is 5.06. The van der Waals surface area contributed by atoms with E-state index in [1.54, 1.807) is 7.11 Å². The topological polar surface area (TPSA) is 50.7 Å². The van der Waals surface area contributed by atoms with Gasteiger partial charge in [-0.15, -0.1) is 0 Å². The molecule has 0 amide bonds. The molecular formula is C15H23NO3. The number of rotatable bonds is 7. The van der Waals surface area contributed by atoms with Gasteiger partial charge in [0.15, 0.2) is 11.5 Å². The van der Waals surface area contributed by atoms with E-state index < -0.39 is 0 Å². The van der Waals surface area contributed by atoms with Crippen LogP contribution in [0, 0.1) is 0 Å². The van der Waals surface area contributed by atoms with Gasteiger partial charge in [-0.3, -0.25) is 0 Å². The second-order valence-corrected chi connectivity index (χ2v) is 5.06. The third kappa shape index (κ3) is 3.19. The fraction of sp³-hybridized carbons (Fsp3) is 0.600. The molecule has 1 aliphatic carbocycles. The number of methoxy groups -OCH3 is 1. The van der Waals surface area contributed by atoms with Gasteiger partial charge in [-0.05, 0) is 43.9 Å². The van der Waals surface area contributed by atoms with Crippen molar-refractivity contribution in [3.05, 3.63) is 23.8 Å². The maximum absolute atomic E-state index is 9.43. The average molecular weight is 265 g/mol. The lowest BCUT2D eigenvalue weighted by atomic mass is 9.77. The van der Waals surface area contributed by atoms with E-state index in [0.29, 0.717) is 6.61 Å². The molecule has 0 aliphatic heterocycles. The quantitative estimate of drug-likeness (QED) is 0.792. The Labute approximate surface area is 114 Å². The summed E-state index contributed by atoms with van der Waals surface area (Å²) in [6.45, 7) is 3.53. The molecule has 1 saturated carbocycles. The molecule has 2 N–H and O–H groups in total. The zero-order valence-corrected chi connectivity index (χ0v) is 11.7. The van der Waals surface area contributed by atoms with Crippen molar-refractivity contribution in [3.63, 3.8) is 0 Å². The molecule has 4 heteroatoms. The molecule has 0 aromatic heterocycles.